The number of nitrogens with zero attached hydrogens (tertiary/aromatic N) is 1. The van der Waals surface area contributed by atoms with Crippen LogP contribution in [-0.2, 0) is 0 Å². The van der Waals surface area contributed by atoms with Crippen molar-refractivity contribution in [3.63, 3.8) is 0 Å². The molecule has 4 heteroatoms. The Morgan fingerprint density at radius 2 is 2.44 bits per heavy atom. The minimum atomic E-state index is 0.179. The Bertz CT molecular complexity index is 342. The first-order chi connectivity index (χ1) is 7.70. The number of carbonyl (C=O) groups excluding carboxylic acids is 1. The van der Waals surface area contributed by atoms with Gasteiger partial charge in [0.25, 0.3) is 5.91 Å². The molecule has 1 fully saturated rings. The summed E-state index contributed by atoms with van der Waals surface area (Å²) in [5.41, 5.74) is 0. The van der Waals surface area contributed by atoms with E-state index in [-0.39, 0.29) is 11.9 Å². The van der Waals surface area contributed by atoms with E-state index in [1.807, 2.05) is 22.4 Å². The fraction of sp³-hybridized carbons (Fsp3) is 0.583. The van der Waals surface area contributed by atoms with Crippen LogP contribution in [0.1, 0.15) is 29.9 Å². The van der Waals surface area contributed by atoms with Crippen LogP contribution in [-0.4, -0.2) is 36.0 Å². The Kier molecular flexibility index (Phi) is 3.61. The molecule has 16 heavy (non-hydrogen) atoms. The summed E-state index contributed by atoms with van der Waals surface area (Å²) in [7, 11) is 0. The van der Waals surface area contributed by atoms with Crippen molar-refractivity contribution >= 4 is 17.2 Å². The molecule has 88 valence electrons. The predicted octanol–water partition coefficient (Wildman–Crippen LogP) is 1.96. The molecule has 0 bridgehead atoms. The van der Waals surface area contributed by atoms with Crippen molar-refractivity contribution in [3.8, 4) is 0 Å². The first-order valence-electron chi connectivity index (χ1n) is 5.77. The molecule has 1 aliphatic rings. The van der Waals surface area contributed by atoms with Crippen molar-refractivity contribution in [2.45, 2.75) is 32.4 Å². The minimum absolute atomic E-state index is 0.179. The van der Waals surface area contributed by atoms with Crippen LogP contribution in [0.15, 0.2) is 17.5 Å². The van der Waals surface area contributed by atoms with Gasteiger partial charge in [-0.25, -0.2) is 0 Å². The van der Waals surface area contributed by atoms with E-state index in [0.717, 1.165) is 24.4 Å². The molecule has 0 radical (unpaired) electrons. The molecule has 1 aromatic heterocycles. The Morgan fingerprint density at radius 1 is 1.62 bits per heavy atom. The highest BCUT2D eigenvalue weighted by molar-refractivity contribution is 7.12. The molecular weight excluding hydrogens is 220 g/mol. The molecule has 0 saturated carbocycles. The van der Waals surface area contributed by atoms with Crippen molar-refractivity contribution in [1.82, 2.24) is 10.2 Å². The van der Waals surface area contributed by atoms with Gasteiger partial charge in [-0.15, -0.1) is 11.3 Å². The molecule has 3 nitrogen and oxygen atoms in total. The third-order valence-electron chi connectivity index (χ3n) is 2.95. The predicted molar refractivity (Wildman–Crippen MR) is 66.9 cm³/mol. The molecule has 0 aromatic carbocycles. The summed E-state index contributed by atoms with van der Waals surface area (Å²) < 4.78 is 0. The summed E-state index contributed by atoms with van der Waals surface area (Å²) in [6.45, 7) is 6.12. The van der Waals surface area contributed by atoms with Gasteiger partial charge in [0.15, 0.2) is 0 Å². The average Bonchev–Trinajstić information content (AvgIpc) is 2.89. The van der Waals surface area contributed by atoms with Crippen molar-refractivity contribution < 1.29 is 4.79 Å². The van der Waals surface area contributed by atoms with Crippen LogP contribution >= 0.6 is 11.3 Å². The average molecular weight is 238 g/mol. The number of thiophene rings is 1. The normalized spacial score (nSPS) is 20.3. The molecule has 1 N–H and O–H groups in total. The Morgan fingerprint density at radius 3 is 2.94 bits per heavy atom. The summed E-state index contributed by atoms with van der Waals surface area (Å²) in [6, 6.07) is 4.46. The SMILES string of the molecule is CC(C)N(C(=O)c1cccs1)C1CCNC1. The number of hydrogen-bond acceptors (Lipinski definition) is 3. The van der Waals surface area contributed by atoms with Gasteiger partial charge in [0.05, 0.1) is 4.88 Å². The zero-order valence-corrected chi connectivity index (χ0v) is 10.6. The maximum atomic E-state index is 12.3. The molecule has 0 spiro atoms. The van der Waals surface area contributed by atoms with Crippen LogP contribution in [0.2, 0.25) is 0 Å². The van der Waals surface area contributed by atoms with E-state index in [9.17, 15) is 4.79 Å². The Hall–Kier alpha value is -0.870. The lowest BCUT2D eigenvalue weighted by atomic mass is 10.1. The van der Waals surface area contributed by atoms with E-state index in [1.165, 1.54) is 11.3 Å². The van der Waals surface area contributed by atoms with E-state index < -0.39 is 0 Å². The molecule has 0 aliphatic carbocycles. The molecule has 1 aromatic rings. The Labute approximate surface area is 100 Å². The molecule has 1 amide bonds. The van der Waals surface area contributed by atoms with Gasteiger partial charge in [-0.1, -0.05) is 6.07 Å². The highest BCUT2D eigenvalue weighted by Crippen LogP contribution is 2.19. The second-order valence-corrected chi connectivity index (χ2v) is 5.38. The van der Waals surface area contributed by atoms with Crippen molar-refractivity contribution in [2.24, 2.45) is 0 Å². The molecule has 1 unspecified atom stereocenters. The van der Waals surface area contributed by atoms with Gasteiger partial charge >= 0.3 is 0 Å². The molecule has 2 heterocycles. The van der Waals surface area contributed by atoms with Crippen LogP contribution in [0.4, 0.5) is 0 Å². The zero-order valence-electron chi connectivity index (χ0n) is 9.77. The van der Waals surface area contributed by atoms with Gasteiger partial charge < -0.3 is 10.2 Å². The van der Waals surface area contributed by atoms with E-state index in [0.29, 0.717) is 6.04 Å². The topological polar surface area (TPSA) is 32.3 Å². The van der Waals surface area contributed by atoms with Crippen molar-refractivity contribution in [3.05, 3.63) is 22.4 Å². The van der Waals surface area contributed by atoms with Gasteiger partial charge in [-0.3, -0.25) is 4.79 Å². The smallest absolute Gasteiger partial charge is 0.264 e. The lowest BCUT2D eigenvalue weighted by Crippen LogP contribution is -2.45. The number of carbonyl (C=O) groups is 1. The second kappa shape index (κ2) is 4.97. The van der Waals surface area contributed by atoms with E-state index in [2.05, 4.69) is 19.2 Å². The number of rotatable bonds is 3. The maximum absolute atomic E-state index is 12.3. The standard InChI is InChI=1S/C12H18N2OS/c1-9(2)14(10-5-6-13-8-10)12(15)11-4-3-7-16-11/h3-4,7,9-10,13H,5-6,8H2,1-2H3. The fourth-order valence-electron chi connectivity index (χ4n) is 2.23. The van der Waals surface area contributed by atoms with Gasteiger partial charge in [0, 0.05) is 18.6 Å². The van der Waals surface area contributed by atoms with Gasteiger partial charge in [-0.2, -0.15) is 0 Å². The lowest BCUT2D eigenvalue weighted by molar-refractivity contribution is 0.0632. The second-order valence-electron chi connectivity index (χ2n) is 4.43. The number of nitrogens with one attached hydrogen (secondary N) is 1. The van der Waals surface area contributed by atoms with E-state index >= 15 is 0 Å². The number of amides is 1. The fourth-order valence-corrected chi connectivity index (χ4v) is 2.89. The summed E-state index contributed by atoms with van der Waals surface area (Å²) >= 11 is 1.52. The molecular formula is C12H18N2OS. The van der Waals surface area contributed by atoms with Gasteiger partial charge in [0.2, 0.25) is 0 Å². The summed E-state index contributed by atoms with van der Waals surface area (Å²) in [6.07, 6.45) is 1.06. The van der Waals surface area contributed by atoms with E-state index in [4.69, 9.17) is 0 Å². The maximum Gasteiger partial charge on any atom is 0.264 e. The van der Waals surface area contributed by atoms with Crippen LogP contribution in [0.25, 0.3) is 0 Å². The largest absolute Gasteiger partial charge is 0.331 e. The van der Waals surface area contributed by atoms with Gasteiger partial charge in [-0.05, 0) is 38.3 Å². The third kappa shape index (κ3) is 2.28. The summed E-state index contributed by atoms with van der Waals surface area (Å²) in [5, 5.41) is 5.27. The molecule has 2 rings (SSSR count). The third-order valence-corrected chi connectivity index (χ3v) is 3.81. The first-order valence-corrected chi connectivity index (χ1v) is 6.65. The van der Waals surface area contributed by atoms with Gasteiger partial charge in [0.1, 0.15) is 0 Å². The number of hydrogen-bond donors (Lipinski definition) is 1. The van der Waals surface area contributed by atoms with Crippen LogP contribution in [0.5, 0.6) is 0 Å². The summed E-state index contributed by atoms with van der Waals surface area (Å²) in [5.74, 6) is 0.179. The Balaban J connectivity index is 2.16. The van der Waals surface area contributed by atoms with E-state index in [1.54, 1.807) is 0 Å². The molecule has 1 atom stereocenters. The molecule has 1 saturated heterocycles. The molecule has 1 aliphatic heterocycles. The van der Waals surface area contributed by atoms with Crippen molar-refractivity contribution in [1.29, 1.82) is 0 Å². The lowest BCUT2D eigenvalue weighted by Gasteiger charge is -2.32. The zero-order chi connectivity index (χ0) is 11.5. The quantitative estimate of drug-likeness (QED) is 0.873. The highest BCUT2D eigenvalue weighted by Gasteiger charge is 2.29. The van der Waals surface area contributed by atoms with Crippen LogP contribution < -0.4 is 5.32 Å². The summed E-state index contributed by atoms with van der Waals surface area (Å²) in [4.78, 5) is 15.2. The monoisotopic (exact) mass is 238 g/mol. The van der Waals surface area contributed by atoms with Crippen LogP contribution in [0.3, 0.4) is 0 Å². The highest BCUT2D eigenvalue weighted by atomic mass is 32.1. The first kappa shape index (κ1) is 11.6. The minimum Gasteiger partial charge on any atom is -0.331 e. The van der Waals surface area contributed by atoms with Crippen LogP contribution in [0, 0.1) is 0 Å². The van der Waals surface area contributed by atoms with Crippen molar-refractivity contribution in [2.75, 3.05) is 13.1 Å².